The van der Waals surface area contributed by atoms with Gasteiger partial charge in [-0.3, -0.25) is 0 Å². The maximum Gasteiger partial charge on any atom is 0.340 e. The number of para-hydroxylation sites is 1. The predicted octanol–water partition coefficient (Wildman–Crippen LogP) is 2.14. The molecule has 0 radical (unpaired) electrons. The molecule has 0 aliphatic rings. The first-order valence-corrected chi connectivity index (χ1v) is 3.34. The van der Waals surface area contributed by atoms with Crippen molar-refractivity contribution in [3.63, 3.8) is 0 Å². The molecular weight excluding hydrogens is 156 g/mol. The number of hydrogen-bond acceptors (Lipinski definition) is 4. The molecule has 0 saturated carbocycles. The Kier molecular flexibility index (Phi) is 2.53. The van der Waals surface area contributed by atoms with Crippen molar-refractivity contribution in [1.29, 1.82) is 5.53 Å². The van der Waals surface area contributed by atoms with Crippen LogP contribution < -0.4 is 0 Å². The van der Waals surface area contributed by atoms with Crippen molar-refractivity contribution < 1.29 is 9.53 Å². The van der Waals surface area contributed by atoms with Crippen molar-refractivity contribution in [3.8, 4) is 0 Å². The third-order valence-electron chi connectivity index (χ3n) is 1.43. The lowest BCUT2D eigenvalue weighted by Crippen LogP contribution is -2.00. The maximum absolute atomic E-state index is 11.0. The van der Waals surface area contributed by atoms with Crippen LogP contribution >= 0.6 is 0 Å². The Hall–Kier alpha value is -1.71. The van der Waals surface area contributed by atoms with Gasteiger partial charge in [0.2, 0.25) is 0 Å². The number of nitrogens with one attached hydrogen (secondary N) is 1. The summed E-state index contributed by atoms with van der Waals surface area (Å²) in [4.78, 5) is 11.0. The zero-order chi connectivity index (χ0) is 8.97. The van der Waals surface area contributed by atoms with Crippen LogP contribution in [0.4, 0.5) is 5.69 Å². The van der Waals surface area contributed by atoms with Crippen LogP contribution in [-0.4, -0.2) is 13.1 Å². The summed E-state index contributed by atoms with van der Waals surface area (Å²) in [5.74, 6) is -0.471. The van der Waals surface area contributed by atoms with Crippen LogP contribution in [0.5, 0.6) is 0 Å². The van der Waals surface area contributed by atoms with E-state index in [1.165, 1.54) is 7.11 Å². The van der Waals surface area contributed by atoms with E-state index in [9.17, 15) is 4.79 Å². The van der Waals surface area contributed by atoms with Gasteiger partial charge in [-0.15, -0.1) is 0 Å². The second-order valence-electron chi connectivity index (χ2n) is 2.12. The highest BCUT2D eigenvalue weighted by Gasteiger charge is 2.09. The van der Waals surface area contributed by atoms with Crippen molar-refractivity contribution in [2.24, 2.45) is 5.11 Å². The standard InChI is InChI=1S/C8H8N2O2/c1-12-8(11)6-4-2-3-5-7(6)10-9/h2-5,9H,1H3. The van der Waals surface area contributed by atoms with Gasteiger partial charge in [0.1, 0.15) is 0 Å². The summed E-state index contributed by atoms with van der Waals surface area (Å²) in [7, 11) is 1.29. The Morgan fingerprint density at radius 2 is 2.17 bits per heavy atom. The molecule has 0 unspecified atom stereocenters. The zero-order valence-electron chi connectivity index (χ0n) is 6.57. The lowest BCUT2D eigenvalue weighted by Gasteiger charge is -2.00. The summed E-state index contributed by atoms with van der Waals surface area (Å²) >= 11 is 0. The minimum atomic E-state index is -0.471. The van der Waals surface area contributed by atoms with Crippen LogP contribution in [0.1, 0.15) is 10.4 Å². The summed E-state index contributed by atoms with van der Waals surface area (Å²) in [5.41, 5.74) is 7.41. The van der Waals surface area contributed by atoms with Gasteiger partial charge >= 0.3 is 5.97 Å². The van der Waals surface area contributed by atoms with Crippen LogP contribution in [-0.2, 0) is 4.74 Å². The first-order valence-electron chi connectivity index (χ1n) is 3.34. The van der Waals surface area contributed by atoms with Crippen molar-refractivity contribution >= 4 is 11.7 Å². The van der Waals surface area contributed by atoms with Crippen LogP contribution in [0.15, 0.2) is 29.4 Å². The van der Waals surface area contributed by atoms with E-state index in [0.717, 1.165) is 0 Å². The molecule has 0 spiro atoms. The number of ether oxygens (including phenoxy) is 1. The number of rotatable bonds is 2. The quantitative estimate of drug-likeness (QED) is 0.537. The maximum atomic E-state index is 11.0. The molecule has 0 atom stereocenters. The normalized spacial score (nSPS) is 9.08. The van der Waals surface area contributed by atoms with E-state index in [0.29, 0.717) is 11.3 Å². The van der Waals surface area contributed by atoms with Gasteiger partial charge in [0.15, 0.2) is 0 Å². The Bertz CT molecular complexity index is 310. The topological polar surface area (TPSA) is 62.5 Å². The van der Waals surface area contributed by atoms with Crippen molar-refractivity contribution in [1.82, 2.24) is 0 Å². The lowest BCUT2D eigenvalue weighted by atomic mass is 10.2. The average Bonchev–Trinajstić information content (AvgIpc) is 2.16. The first-order chi connectivity index (χ1) is 5.79. The van der Waals surface area contributed by atoms with Gasteiger partial charge in [-0.2, -0.15) is 5.11 Å². The molecule has 12 heavy (non-hydrogen) atoms. The van der Waals surface area contributed by atoms with Crippen molar-refractivity contribution in [3.05, 3.63) is 29.8 Å². The molecule has 0 saturated heterocycles. The Balaban J connectivity index is 3.13. The molecule has 0 bridgehead atoms. The molecule has 0 amide bonds. The van der Waals surface area contributed by atoms with Gasteiger partial charge in [0.25, 0.3) is 0 Å². The van der Waals surface area contributed by atoms with Gasteiger partial charge in [-0.05, 0) is 12.1 Å². The third-order valence-corrected chi connectivity index (χ3v) is 1.43. The number of nitrogens with zero attached hydrogens (tertiary/aromatic N) is 1. The molecule has 62 valence electrons. The van der Waals surface area contributed by atoms with E-state index in [1.807, 2.05) is 0 Å². The summed E-state index contributed by atoms with van der Waals surface area (Å²) in [5, 5.41) is 3.19. The highest BCUT2D eigenvalue weighted by molar-refractivity contribution is 5.94. The Labute approximate surface area is 69.7 Å². The van der Waals surface area contributed by atoms with Crippen LogP contribution in [0, 0.1) is 5.53 Å². The number of methoxy groups -OCH3 is 1. The highest BCUT2D eigenvalue weighted by Crippen LogP contribution is 2.18. The Morgan fingerprint density at radius 1 is 1.50 bits per heavy atom. The SMILES string of the molecule is COC(=O)c1ccccc1N=N. The molecule has 1 aromatic rings. The lowest BCUT2D eigenvalue weighted by molar-refractivity contribution is 0.0601. The Morgan fingerprint density at radius 3 is 2.75 bits per heavy atom. The largest absolute Gasteiger partial charge is 0.465 e. The molecule has 0 aromatic heterocycles. The van der Waals surface area contributed by atoms with Gasteiger partial charge in [0, 0.05) is 0 Å². The molecular formula is C8H8N2O2. The summed E-state index contributed by atoms with van der Waals surface area (Å²) in [6, 6.07) is 6.55. The molecule has 0 aliphatic heterocycles. The summed E-state index contributed by atoms with van der Waals surface area (Å²) < 4.78 is 4.50. The predicted molar refractivity (Wildman–Crippen MR) is 42.6 cm³/mol. The molecule has 1 N–H and O–H groups in total. The number of carbonyl (C=O) groups excluding carboxylic acids is 1. The average molecular weight is 164 g/mol. The van der Waals surface area contributed by atoms with Gasteiger partial charge < -0.3 is 4.74 Å². The number of benzene rings is 1. The molecule has 0 fully saturated rings. The van der Waals surface area contributed by atoms with Crippen LogP contribution in [0.3, 0.4) is 0 Å². The van der Waals surface area contributed by atoms with E-state index in [-0.39, 0.29) is 0 Å². The monoisotopic (exact) mass is 164 g/mol. The smallest absolute Gasteiger partial charge is 0.340 e. The fourth-order valence-corrected chi connectivity index (χ4v) is 0.854. The van der Waals surface area contributed by atoms with E-state index >= 15 is 0 Å². The fourth-order valence-electron chi connectivity index (χ4n) is 0.854. The number of esters is 1. The minimum Gasteiger partial charge on any atom is -0.465 e. The van der Waals surface area contributed by atoms with E-state index in [2.05, 4.69) is 9.85 Å². The highest BCUT2D eigenvalue weighted by atomic mass is 16.5. The van der Waals surface area contributed by atoms with E-state index in [4.69, 9.17) is 5.53 Å². The van der Waals surface area contributed by atoms with E-state index < -0.39 is 5.97 Å². The van der Waals surface area contributed by atoms with E-state index in [1.54, 1.807) is 24.3 Å². The molecule has 4 heteroatoms. The minimum absolute atomic E-state index is 0.315. The van der Waals surface area contributed by atoms with Crippen molar-refractivity contribution in [2.75, 3.05) is 7.11 Å². The molecule has 1 aromatic carbocycles. The second kappa shape index (κ2) is 3.61. The van der Waals surface area contributed by atoms with Crippen LogP contribution in [0.2, 0.25) is 0 Å². The molecule has 0 heterocycles. The number of carbonyl (C=O) groups is 1. The second-order valence-corrected chi connectivity index (χ2v) is 2.12. The van der Waals surface area contributed by atoms with Gasteiger partial charge in [-0.1, -0.05) is 12.1 Å². The first kappa shape index (κ1) is 8.39. The van der Waals surface area contributed by atoms with Crippen LogP contribution in [0.25, 0.3) is 0 Å². The van der Waals surface area contributed by atoms with Gasteiger partial charge in [0.05, 0.1) is 18.4 Å². The summed E-state index contributed by atoms with van der Waals surface area (Å²) in [6.07, 6.45) is 0. The number of hydrogen-bond donors (Lipinski definition) is 1. The molecule has 4 nitrogen and oxygen atoms in total. The van der Waals surface area contributed by atoms with Gasteiger partial charge in [-0.25, -0.2) is 10.3 Å². The fraction of sp³-hybridized carbons (Fsp3) is 0.125. The summed E-state index contributed by atoms with van der Waals surface area (Å²) in [6.45, 7) is 0. The zero-order valence-corrected chi connectivity index (χ0v) is 6.57. The van der Waals surface area contributed by atoms with Crippen molar-refractivity contribution in [2.45, 2.75) is 0 Å². The molecule has 1 rings (SSSR count). The third kappa shape index (κ3) is 1.47. The molecule has 0 aliphatic carbocycles.